The van der Waals surface area contributed by atoms with E-state index in [1.165, 1.54) is 4.88 Å². The van der Waals surface area contributed by atoms with E-state index in [2.05, 4.69) is 35.9 Å². The standard InChI is InChI=1S/C26H29N5O3S/c1-15-16(2)35-25-22(15)23(19-11-9-18(10-12-19)8-7-13-27-33)28-20(14-21(32)34-26(4,5)6)24-30-29-17(3)31(24)25/h9-12,20,27,33H,13-14H2,1-6H3. The number of hydrogen-bond donors (Lipinski definition) is 2. The van der Waals surface area contributed by atoms with E-state index in [9.17, 15) is 4.79 Å². The Bertz CT molecular complexity index is 1350. The molecular weight excluding hydrogens is 462 g/mol. The van der Waals surface area contributed by atoms with Crippen LogP contribution in [-0.2, 0) is 9.53 Å². The smallest absolute Gasteiger partial charge is 0.308 e. The van der Waals surface area contributed by atoms with Crippen LogP contribution in [0.4, 0.5) is 0 Å². The van der Waals surface area contributed by atoms with Gasteiger partial charge in [-0.3, -0.25) is 14.4 Å². The fourth-order valence-corrected chi connectivity index (χ4v) is 5.18. The highest BCUT2D eigenvalue weighted by molar-refractivity contribution is 7.15. The molecule has 0 saturated carbocycles. The fraction of sp³-hybridized carbons (Fsp3) is 0.385. The predicted octanol–water partition coefficient (Wildman–Crippen LogP) is 4.21. The lowest BCUT2D eigenvalue weighted by atomic mass is 9.98. The summed E-state index contributed by atoms with van der Waals surface area (Å²) < 4.78 is 7.63. The molecule has 9 heteroatoms. The minimum Gasteiger partial charge on any atom is -0.460 e. The summed E-state index contributed by atoms with van der Waals surface area (Å²) in [5.74, 6) is 6.89. The summed E-state index contributed by atoms with van der Waals surface area (Å²) in [4.78, 5) is 19.1. The summed E-state index contributed by atoms with van der Waals surface area (Å²) in [5.41, 5.74) is 6.15. The van der Waals surface area contributed by atoms with Gasteiger partial charge in [0.2, 0.25) is 0 Å². The van der Waals surface area contributed by atoms with Crippen molar-refractivity contribution in [1.82, 2.24) is 20.2 Å². The highest BCUT2D eigenvalue weighted by atomic mass is 32.1. The first-order chi connectivity index (χ1) is 16.6. The lowest BCUT2D eigenvalue weighted by Gasteiger charge is -2.21. The van der Waals surface area contributed by atoms with Crippen molar-refractivity contribution in [2.45, 2.75) is 59.6 Å². The topological polar surface area (TPSA) is 102 Å². The second kappa shape index (κ2) is 9.74. The minimum atomic E-state index is -0.591. The molecule has 0 saturated heterocycles. The first-order valence-electron chi connectivity index (χ1n) is 11.4. The Kier molecular flexibility index (Phi) is 6.90. The van der Waals surface area contributed by atoms with Crippen molar-refractivity contribution in [2.75, 3.05) is 6.54 Å². The molecule has 0 bridgehead atoms. The summed E-state index contributed by atoms with van der Waals surface area (Å²) in [6, 6.07) is 7.27. The summed E-state index contributed by atoms with van der Waals surface area (Å²) >= 11 is 1.67. The highest BCUT2D eigenvalue weighted by Crippen LogP contribution is 2.39. The molecule has 4 rings (SSSR count). The van der Waals surface area contributed by atoms with Crippen molar-refractivity contribution < 1.29 is 14.7 Å². The van der Waals surface area contributed by atoms with Crippen LogP contribution in [-0.4, -0.2) is 43.8 Å². The van der Waals surface area contributed by atoms with Gasteiger partial charge in [0.15, 0.2) is 5.82 Å². The van der Waals surface area contributed by atoms with Crippen LogP contribution in [0.2, 0.25) is 0 Å². The van der Waals surface area contributed by atoms with Crippen molar-refractivity contribution in [1.29, 1.82) is 0 Å². The van der Waals surface area contributed by atoms with Gasteiger partial charge in [-0.05, 0) is 59.2 Å². The average Bonchev–Trinajstić information content (AvgIpc) is 3.25. The molecule has 1 atom stereocenters. The van der Waals surface area contributed by atoms with E-state index in [1.54, 1.807) is 11.3 Å². The van der Waals surface area contributed by atoms with E-state index < -0.39 is 11.6 Å². The molecule has 0 spiro atoms. The van der Waals surface area contributed by atoms with Gasteiger partial charge >= 0.3 is 5.97 Å². The van der Waals surface area contributed by atoms with Crippen molar-refractivity contribution >= 4 is 23.0 Å². The van der Waals surface area contributed by atoms with Crippen molar-refractivity contribution in [3.8, 4) is 16.8 Å². The Morgan fingerprint density at radius 1 is 1.20 bits per heavy atom. The number of hydrogen-bond acceptors (Lipinski definition) is 8. The molecular formula is C26H29N5O3S. The third kappa shape index (κ3) is 5.20. The second-order valence-corrected chi connectivity index (χ2v) is 10.6. The van der Waals surface area contributed by atoms with Gasteiger partial charge in [-0.1, -0.05) is 24.0 Å². The number of nitrogens with zero attached hydrogens (tertiary/aromatic N) is 4. The third-order valence-electron chi connectivity index (χ3n) is 5.58. The number of benzene rings is 1. The maximum atomic E-state index is 12.8. The molecule has 1 aliphatic heterocycles. The number of hydroxylamine groups is 1. The Balaban J connectivity index is 1.84. The van der Waals surface area contributed by atoms with E-state index >= 15 is 0 Å². The zero-order valence-corrected chi connectivity index (χ0v) is 21.6. The van der Waals surface area contributed by atoms with Gasteiger partial charge in [0.1, 0.15) is 22.5 Å². The third-order valence-corrected chi connectivity index (χ3v) is 6.77. The van der Waals surface area contributed by atoms with Crippen LogP contribution in [0.5, 0.6) is 0 Å². The van der Waals surface area contributed by atoms with Crippen LogP contribution in [0.3, 0.4) is 0 Å². The number of esters is 1. The van der Waals surface area contributed by atoms with Gasteiger partial charge < -0.3 is 9.94 Å². The normalized spacial score (nSPS) is 14.8. The number of nitrogens with one attached hydrogen (secondary N) is 1. The van der Waals surface area contributed by atoms with Gasteiger partial charge in [-0.2, -0.15) is 5.48 Å². The molecule has 3 heterocycles. The fourth-order valence-electron chi connectivity index (χ4n) is 3.96. The number of carbonyl (C=O) groups is 1. The summed E-state index contributed by atoms with van der Waals surface area (Å²) in [6.45, 7) is 11.8. The second-order valence-electron chi connectivity index (χ2n) is 9.40. The SMILES string of the molecule is Cc1sc2c(c1C)C(c1ccc(C#CCNO)cc1)=NC(CC(=O)OC(C)(C)C)c1nnc(C)n1-2. The van der Waals surface area contributed by atoms with Gasteiger partial charge in [0.05, 0.1) is 18.7 Å². The average molecular weight is 492 g/mol. The van der Waals surface area contributed by atoms with Gasteiger partial charge in [-0.25, -0.2) is 0 Å². The Labute approximate surface area is 209 Å². The molecule has 0 amide bonds. The van der Waals surface area contributed by atoms with Crippen LogP contribution in [0.25, 0.3) is 5.00 Å². The maximum absolute atomic E-state index is 12.8. The van der Waals surface area contributed by atoms with Crippen LogP contribution < -0.4 is 5.48 Å². The number of aryl methyl sites for hydroxylation is 2. The highest BCUT2D eigenvalue weighted by Gasteiger charge is 2.33. The van der Waals surface area contributed by atoms with Crippen LogP contribution in [0.1, 0.15) is 72.0 Å². The van der Waals surface area contributed by atoms with E-state index in [0.717, 1.165) is 38.8 Å². The number of rotatable bonds is 4. The molecule has 8 nitrogen and oxygen atoms in total. The zero-order chi connectivity index (χ0) is 25.3. The molecule has 3 aromatic rings. The number of carbonyl (C=O) groups excluding carboxylic acids is 1. The quantitative estimate of drug-likeness (QED) is 0.322. The summed E-state index contributed by atoms with van der Waals surface area (Å²) in [5, 5.41) is 18.5. The molecule has 0 aliphatic carbocycles. The summed E-state index contributed by atoms with van der Waals surface area (Å²) in [6.07, 6.45) is 0.0591. The molecule has 2 N–H and O–H groups in total. The Morgan fingerprint density at radius 2 is 1.91 bits per heavy atom. The maximum Gasteiger partial charge on any atom is 0.308 e. The molecule has 1 aliphatic rings. The minimum absolute atomic E-state index is 0.0591. The number of aliphatic imine (C=N–C) groups is 1. The Hall–Kier alpha value is -3.32. The van der Waals surface area contributed by atoms with Crippen molar-refractivity contribution in [3.05, 3.63) is 63.0 Å². The molecule has 0 radical (unpaired) electrons. The van der Waals surface area contributed by atoms with Gasteiger partial charge in [0.25, 0.3) is 0 Å². The lowest BCUT2D eigenvalue weighted by molar-refractivity contribution is -0.155. The lowest BCUT2D eigenvalue weighted by Crippen LogP contribution is -2.25. The van der Waals surface area contributed by atoms with Gasteiger partial charge in [0, 0.05) is 21.6 Å². The van der Waals surface area contributed by atoms with Crippen molar-refractivity contribution in [2.24, 2.45) is 4.99 Å². The molecule has 0 fully saturated rings. The number of fused-ring (bicyclic) bond motifs is 3. The first-order valence-corrected chi connectivity index (χ1v) is 12.2. The molecule has 2 aromatic heterocycles. The zero-order valence-electron chi connectivity index (χ0n) is 20.8. The van der Waals surface area contributed by atoms with Crippen LogP contribution in [0, 0.1) is 32.6 Å². The Morgan fingerprint density at radius 3 is 2.57 bits per heavy atom. The summed E-state index contributed by atoms with van der Waals surface area (Å²) in [7, 11) is 0. The van der Waals surface area contributed by atoms with E-state index in [-0.39, 0.29) is 18.9 Å². The van der Waals surface area contributed by atoms with E-state index in [0.29, 0.717) is 5.82 Å². The van der Waals surface area contributed by atoms with Crippen molar-refractivity contribution in [3.63, 3.8) is 0 Å². The molecule has 182 valence electrons. The predicted molar refractivity (Wildman–Crippen MR) is 135 cm³/mol. The van der Waals surface area contributed by atoms with Crippen LogP contribution >= 0.6 is 11.3 Å². The number of aromatic nitrogens is 3. The molecule has 1 aromatic carbocycles. The van der Waals surface area contributed by atoms with E-state index in [4.69, 9.17) is 14.9 Å². The largest absolute Gasteiger partial charge is 0.460 e. The monoisotopic (exact) mass is 491 g/mol. The van der Waals surface area contributed by atoms with E-state index in [1.807, 2.05) is 62.0 Å². The number of thiophene rings is 1. The van der Waals surface area contributed by atoms with Gasteiger partial charge in [-0.15, -0.1) is 21.5 Å². The number of ether oxygens (including phenoxy) is 1. The van der Waals surface area contributed by atoms with Crippen LogP contribution in [0.15, 0.2) is 29.3 Å². The molecule has 35 heavy (non-hydrogen) atoms. The first kappa shape index (κ1) is 24.8. The molecule has 1 unspecified atom stereocenters.